The molecule has 1 aliphatic heterocycles. The molecular weight excluding hydrogens is 470 g/mol. The fourth-order valence-corrected chi connectivity index (χ4v) is 6.91. The molecule has 0 radical (unpaired) electrons. The van der Waals surface area contributed by atoms with E-state index in [1.54, 1.807) is 12.1 Å². The number of carbonyl (C=O) groups excluding carboxylic acids is 1. The number of aromatic nitrogens is 1. The summed E-state index contributed by atoms with van der Waals surface area (Å²) in [6.45, 7) is 8.91. The van der Waals surface area contributed by atoms with Crippen molar-refractivity contribution in [2.45, 2.75) is 51.5 Å². The van der Waals surface area contributed by atoms with Crippen molar-refractivity contribution in [3.63, 3.8) is 0 Å². The van der Waals surface area contributed by atoms with Crippen LogP contribution in [0, 0.1) is 13.8 Å². The number of piperidine rings is 1. The molecule has 1 aliphatic rings. The van der Waals surface area contributed by atoms with Crippen LogP contribution in [-0.2, 0) is 21.3 Å². The number of benzene rings is 2. The van der Waals surface area contributed by atoms with E-state index in [1.165, 1.54) is 27.8 Å². The molecule has 1 amide bonds. The lowest BCUT2D eigenvalue weighted by molar-refractivity contribution is 0.0996. The molecule has 0 bridgehead atoms. The van der Waals surface area contributed by atoms with Crippen LogP contribution in [0.15, 0.2) is 46.3 Å². The Morgan fingerprint density at radius 1 is 1.09 bits per heavy atom. The van der Waals surface area contributed by atoms with Crippen molar-refractivity contribution < 1.29 is 17.9 Å². The summed E-state index contributed by atoms with van der Waals surface area (Å²) in [6.07, 6.45) is 2.82. The molecular formula is C25H31N3O4S2. The van der Waals surface area contributed by atoms with Crippen molar-refractivity contribution >= 4 is 37.5 Å². The van der Waals surface area contributed by atoms with Crippen LogP contribution >= 0.6 is 11.3 Å². The first kappa shape index (κ1) is 24.8. The number of nitrogens with zero attached hydrogens (tertiary/aromatic N) is 3. The number of hydrogen-bond acceptors (Lipinski definition) is 5. The molecule has 1 fully saturated rings. The average Bonchev–Trinajstić information content (AvgIpc) is 3.17. The quantitative estimate of drug-likeness (QED) is 0.453. The Morgan fingerprint density at radius 3 is 2.47 bits per heavy atom. The minimum Gasteiger partial charge on any atom is -0.380 e. The Labute approximate surface area is 204 Å². The van der Waals surface area contributed by atoms with E-state index in [9.17, 15) is 13.2 Å². The first-order chi connectivity index (χ1) is 16.3. The predicted molar refractivity (Wildman–Crippen MR) is 135 cm³/mol. The van der Waals surface area contributed by atoms with E-state index in [4.69, 9.17) is 4.74 Å². The van der Waals surface area contributed by atoms with Crippen LogP contribution in [-0.4, -0.2) is 49.5 Å². The highest BCUT2D eigenvalue weighted by Crippen LogP contribution is 2.24. The van der Waals surface area contributed by atoms with E-state index >= 15 is 0 Å². The number of fused-ring (bicyclic) bond motifs is 1. The number of thiazole rings is 1. The Kier molecular flexibility index (Phi) is 7.67. The molecule has 1 aromatic heterocycles. The van der Waals surface area contributed by atoms with Gasteiger partial charge in [-0.05, 0) is 75.1 Å². The van der Waals surface area contributed by atoms with E-state index in [2.05, 4.69) is 31.0 Å². The number of ether oxygens (including phenoxy) is 1. The lowest BCUT2D eigenvalue weighted by Crippen LogP contribution is -2.35. The highest BCUT2D eigenvalue weighted by atomic mass is 32.2. The second-order valence-electron chi connectivity index (χ2n) is 8.57. The molecule has 0 spiro atoms. The maximum absolute atomic E-state index is 13.0. The molecule has 7 nitrogen and oxygen atoms in total. The zero-order valence-corrected chi connectivity index (χ0v) is 21.5. The third kappa shape index (κ3) is 5.17. The van der Waals surface area contributed by atoms with E-state index in [1.807, 2.05) is 11.5 Å². The maximum atomic E-state index is 13.0. The molecule has 2 aromatic carbocycles. The van der Waals surface area contributed by atoms with Crippen LogP contribution < -0.4 is 4.80 Å². The summed E-state index contributed by atoms with van der Waals surface area (Å²) in [5.74, 6) is -0.395. The van der Waals surface area contributed by atoms with Gasteiger partial charge in [0.2, 0.25) is 10.0 Å². The molecule has 4 rings (SSSR count). The van der Waals surface area contributed by atoms with Crippen LogP contribution in [0.2, 0.25) is 0 Å². The van der Waals surface area contributed by atoms with Gasteiger partial charge in [0.25, 0.3) is 5.91 Å². The molecule has 34 heavy (non-hydrogen) atoms. The van der Waals surface area contributed by atoms with Crippen molar-refractivity contribution in [2.24, 2.45) is 4.99 Å². The lowest BCUT2D eigenvalue weighted by atomic mass is 10.1. The second-order valence-corrected chi connectivity index (χ2v) is 11.5. The number of rotatable bonds is 7. The van der Waals surface area contributed by atoms with Gasteiger partial charge in [-0.15, -0.1) is 0 Å². The summed E-state index contributed by atoms with van der Waals surface area (Å²) in [4.78, 5) is 18.3. The molecule has 0 aliphatic carbocycles. The molecule has 1 saturated heterocycles. The Balaban J connectivity index is 1.66. The average molecular weight is 502 g/mol. The van der Waals surface area contributed by atoms with E-state index < -0.39 is 15.9 Å². The molecule has 182 valence electrons. The second kappa shape index (κ2) is 10.5. The topological polar surface area (TPSA) is 81.0 Å². The van der Waals surface area contributed by atoms with Gasteiger partial charge in [0, 0.05) is 31.8 Å². The number of hydrogen-bond donors (Lipinski definition) is 0. The maximum Gasteiger partial charge on any atom is 0.279 e. The van der Waals surface area contributed by atoms with Crippen molar-refractivity contribution in [2.75, 3.05) is 26.3 Å². The minimum atomic E-state index is -3.53. The molecule has 9 heteroatoms. The molecule has 0 saturated carbocycles. The summed E-state index contributed by atoms with van der Waals surface area (Å²) in [5.41, 5.74) is 3.69. The first-order valence-electron chi connectivity index (χ1n) is 11.7. The first-order valence-corrected chi connectivity index (χ1v) is 13.9. The van der Waals surface area contributed by atoms with Gasteiger partial charge >= 0.3 is 0 Å². The molecule has 0 N–H and O–H groups in total. The van der Waals surface area contributed by atoms with Gasteiger partial charge in [0.1, 0.15) is 0 Å². The Morgan fingerprint density at radius 2 is 1.79 bits per heavy atom. The number of sulfonamides is 1. The largest absolute Gasteiger partial charge is 0.380 e. The van der Waals surface area contributed by atoms with Crippen LogP contribution in [0.25, 0.3) is 10.2 Å². The lowest BCUT2D eigenvalue weighted by Gasteiger charge is -2.25. The van der Waals surface area contributed by atoms with Crippen LogP contribution in [0.3, 0.4) is 0 Å². The fourth-order valence-electron chi connectivity index (χ4n) is 4.29. The number of amides is 1. The van der Waals surface area contributed by atoms with Crippen LogP contribution in [0.1, 0.15) is 47.7 Å². The molecule has 0 atom stereocenters. The van der Waals surface area contributed by atoms with Gasteiger partial charge in [-0.1, -0.05) is 23.8 Å². The van der Waals surface area contributed by atoms with E-state index in [0.29, 0.717) is 43.2 Å². The normalized spacial score (nSPS) is 15.8. The third-order valence-corrected chi connectivity index (χ3v) is 9.17. The molecule has 0 unspecified atom stereocenters. The highest BCUT2D eigenvalue weighted by Gasteiger charge is 2.26. The summed E-state index contributed by atoms with van der Waals surface area (Å²) in [6, 6.07) is 10.3. The monoisotopic (exact) mass is 501 g/mol. The fraction of sp³-hybridized carbons (Fsp3) is 0.440. The van der Waals surface area contributed by atoms with Crippen molar-refractivity contribution in [3.8, 4) is 0 Å². The smallest absolute Gasteiger partial charge is 0.279 e. The Hall–Kier alpha value is -2.33. The number of carbonyl (C=O) groups is 1. The van der Waals surface area contributed by atoms with Crippen LogP contribution in [0.5, 0.6) is 0 Å². The van der Waals surface area contributed by atoms with E-state index in [-0.39, 0.29) is 4.90 Å². The SMILES string of the molecule is CCOCCn1c(=NC(=O)c2ccc(S(=O)(=O)N3CCCCC3)cc2)sc2c(C)cc(C)cc21. The molecule has 3 aromatic rings. The molecule has 2 heterocycles. The number of aryl methyl sites for hydroxylation is 2. The summed E-state index contributed by atoms with van der Waals surface area (Å²) in [7, 11) is -3.53. The van der Waals surface area contributed by atoms with Crippen molar-refractivity contribution in [1.29, 1.82) is 0 Å². The van der Waals surface area contributed by atoms with Gasteiger partial charge in [-0.2, -0.15) is 9.30 Å². The van der Waals surface area contributed by atoms with Crippen LogP contribution in [0.4, 0.5) is 0 Å². The van der Waals surface area contributed by atoms with Gasteiger partial charge < -0.3 is 9.30 Å². The van der Waals surface area contributed by atoms with Gasteiger partial charge in [0.05, 0.1) is 21.7 Å². The zero-order valence-electron chi connectivity index (χ0n) is 19.9. The van der Waals surface area contributed by atoms with Gasteiger partial charge in [-0.25, -0.2) is 8.42 Å². The zero-order chi connectivity index (χ0) is 24.3. The standard InChI is InChI=1S/C25H31N3O4S2/c1-4-32-15-14-28-22-17-18(2)16-19(3)23(22)33-25(28)26-24(29)20-8-10-21(11-9-20)34(30,31)27-12-6-5-7-13-27/h8-11,16-17H,4-7,12-15H2,1-3H3. The Bertz CT molecular complexity index is 1350. The summed E-state index contributed by atoms with van der Waals surface area (Å²) in [5, 5.41) is 0. The van der Waals surface area contributed by atoms with E-state index in [0.717, 1.165) is 40.6 Å². The highest BCUT2D eigenvalue weighted by molar-refractivity contribution is 7.89. The van der Waals surface area contributed by atoms with Crippen molar-refractivity contribution in [1.82, 2.24) is 8.87 Å². The predicted octanol–water partition coefficient (Wildman–Crippen LogP) is 4.27. The summed E-state index contributed by atoms with van der Waals surface area (Å²) < 4.78 is 36.0. The third-order valence-electron chi connectivity index (χ3n) is 6.03. The minimum absolute atomic E-state index is 0.214. The van der Waals surface area contributed by atoms with Gasteiger partial charge in [0.15, 0.2) is 4.80 Å². The van der Waals surface area contributed by atoms with Gasteiger partial charge in [-0.3, -0.25) is 4.79 Å². The van der Waals surface area contributed by atoms with Crippen molar-refractivity contribution in [3.05, 3.63) is 57.9 Å². The summed E-state index contributed by atoms with van der Waals surface area (Å²) >= 11 is 1.48.